The molecule has 0 aliphatic heterocycles. The summed E-state index contributed by atoms with van der Waals surface area (Å²) in [6.07, 6.45) is 5.73. The smallest absolute Gasteiger partial charge is 0.118 e. The number of benzene rings is 1. The molecule has 1 aromatic carbocycles. The molecule has 0 aliphatic carbocycles. The molecule has 0 heterocycles. The molecule has 1 aromatic rings. The summed E-state index contributed by atoms with van der Waals surface area (Å²) in [5.74, 6) is 3.37. The van der Waals surface area contributed by atoms with E-state index < -0.39 is 0 Å². The van der Waals surface area contributed by atoms with Gasteiger partial charge in [0.15, 0.2) is 0 Å². The van der Waals surface area contributed by atoms with Crippen molar-refractivity contribution in [2.45, 2.75) is 12.5 Å². The van der Waals surface area contributed by atoms with Crippen LogP contribution in [0, 0.1) is 12.3 Å². The van der Waals surface area contributed by atoms with Gasteiger partial charge in [-0.25, -0.2) is 0 Å². The largest absolute Gasteiger partial charge is 0.497 e. The highest BCUT2D eigenvalue weighted by Crippen LogP contribution is 2.17. The molecule has 1 unspecified atom stereocenters. The van der Waals surface area contributed by atoms with Crippen LogP contribution in [0.5, 0.6) is 5.75 Å². The first-order valence-electron chi connectivity index (χ1n) is 4.11. The Kier molecular flexibility index (Phi) is 3.36. The molecule has 2 heteroatoms. The normalized spacial score (nSPS) is 11.8. The van der Waals surface area contributed by atoms with Crippen molar-refractivity contribution in [3.8, 4) is 18.1 Å². The van der Waals surface area contributed by atoms with Crippen molar-refractivity contribution < 1.29 is 4.74 Å². The van der Waals surface area contributed by atoms with E-state index in [1.54, 1.807) is 7.11 Å². The van der Waals surface area contributed by atoms with E-state index in [2.05, 4.69) is 5.92 Å². The van der Waals surface area contributed by atoms with Crippen LogP contribution in [-0.4, -0.2) is 7.11 Å². The first kappa shape index (κ1) is 9.63. The summed E-state index contributed by atoms with van der Waals surface area (Å²) in [4.78, 5) is 0. The molecule has 2 N–H and O–H groups in total. The van der Waals surface area contributed by atoms with Gasteiger partial charge in [0.1, 0.15) is 5.75 Å². The lowest BCUT2D eigenvalue weighted by Gasteiger charge is -2.08. The van der Waals surface area contributed by atoms with Gasteiger partial charge in [-0.1, -0.05) is 12.1 Å². The molecule has 0 aromatic heterocycles. The van der Waals surface area contributed by atoms with Crippen molar-refractivity contribution in [1.29, 1.82) is 0 Å². The molecule has 2 nitrogen and oxygen atoms in total. The van der Waals surface area contributed by atoms with Crippen molar-refractivity contribution in [1.82, 2.24) is 0 Å². The molecule has 0 bridgehead atoms. The fraction of sp³-hybridized carbons (Fsp3) is 0.273. The summed E-state index contributed by atoms with van der Waals surface area (Å²) in [5.41, 5.74) is 6.85. The van der Waals surface area contributed by atoms with Crippen LogP contribution in [0.2, 0.25) is 0 Å². The van der Waals surface area contributed by atoms with Gasteiger partial charge in [0.2, 0.25) is 0 Å². The number of rotatable bonds is 3. The Bertz CT molecular complexity index is 297. The van der Waals surface area contributed by atoms with Crippen molar-refractivity contribution in [3.05, 3.63) is 29.8 Å². The van der Waals surface area contributed by atoms with Crippen LogP contribution >= 0.6 is 0 Å². The standard InChI is InChI=1S/C11H13NO/c1-3-4-11(12)9-5-7-10(13-2)8-6-9/h1,5-8,11H,4,12H2,2H3. The number of ether oxygens (including phenoxy) is 1. The van der Waals surface area contributed by atoms with Crippen LogP contribution < -0.4 is 10.5 Å². The number of nitrogens with two attached hydrogens (primary N) is 1. The molecule has 0 fully saturated rings. The predicted molar refractivity (Wildman–Crippen MR) is 53.4 cm³/mol. The van der Waals surface area contributed by atoms with E-state index in [9.17, 15) is 0 Å². The zero-order chi connectivity index (χ0) is 9.68. The Morgan fingerprint density at radius 2 is 2.08 bits per heavy atom. The zero-order valence-corrected chi connectivity index (χ0v) is 7.66. The van der Waals surface area contributed by atoms with Crippen molar-refractivity contribution in [3.63, 3.8) is 0 Å². The van der Waals surface area contributed by atoms with Crippen LogP contribution in [0.25, 0.3) is 0 Å². The lowest BCUT2D eigenvalue weighted by molar-refractivity contribution is 0.414. The molecule has 13 heavy (non-hydrogen) atoms. The lowest BCUT2D eigenvalue weighted by atomic mass is 10.1. The second kappa shape index (κ2) is 4.54. The van der Waals surface area contributed by atoms with Gasteiger partial charge < -0.3 is 10.5 Å². The number of terminal acetylenes is 1. The van der Waals surface area contributed by atoms with Crippen LogP contribution in [0.1, 0.15) is 18.0 Å². The Balaban J connectivity index is 2.74. The molecule has 0 spiro atoms. The van der Waals surface area contributed by atoms with E-state index in [0.717, 1.165) is 11.3 Å². The van der Waals surface area contributed by atoms with Gasteiger partial charge in [0.25, 0.3) is 0 Å². The van der Waals surface area contributed by atoms with Crippen LogP contribution in [0.3, 0.4) is 0 Å². The topological polar surface area (TPSA) is 35.2 Å². The third-order valence-electron chi connectivity index (χ3n) is 1.88. The summed E-state index contributed by atoms with van der Waals surface area (Å²) in [6.45, 7) is 0. The molecule has 68 valence electrons. The first-order chi connectivity index (χ1) is 6.27. The molecule has 0 amide bonds. The second-order valence-electron chi connectivity index (χ2n) is 2.79. The van der Waals surface area contributed by atoms with E-state index in [0.29, 0.717) is 6.42 Å². The average molecular weight is 175 g/mol. The zero-order valence-electron chi connectivity index (χ0n) is 7.66. The van der Waals surface area contributed by atoms with Gasteiger partial charge in [-0.2, -0.15) is 0 Å². The maximum absolute atomic E-state index is 5.81. The summed E-state index contributed by atoms with van der Waals surface area (Å²) >= 11 is 0. The highest BCUT2D eigenvalue weighted by Gasteiger charge is 2.03. The molecule has 0 aliphatic rings. The van der Waals surface area contributed by atoms with E-state index >= 15 is 0 Å². The monoisotopic (exact) mass is 175 g/mol. The Hall–Kier alpha value is -1.46. The van der Waals surface area contributed by atoms with Crippen molar-refractivity contribution in [2.24, 2.45) is 5.73 Å². The first-order valence-corrected chi connectivity index (χ1v) is 4.11. The highest BCUT2D eigenvalue weighted by atomic mass is 16.5. The van der Waals surface area contributed by atoms with Crippen LogP contribution in [0.15, 0.2) is 24.3 Å². The third kappa shape index (κ3) is 2.50. The minimum Gasteiger partial charge on any atom is -0.497 e. The van der Waals surface area contributed by atoms with Crippen LogP contribution in [-0.2, 0) is 0 Å². The second-order valence-corrected chi connectivity index (χ2v) is 2.79. The minimum absolute atomic E-state index is 0.0732. The quantitative estimate of drug-likeness (QED) is 0.710. The number of hydrogen-bond acceptors (Lipinski definition) is 2. The molecule has 1 rings (SSSR count). The van der Waals surface area contributed by atoms with Crippen molar-refractivity contribution >= 4 is 0 Å². The molecular weight excluding hydrogens is 162 g/mol. The summed E-state index contributed by atoms with van der Waals surface area (Å²) < 4.78 is 5.03. The molecule has 0 radical (unpaired) electrons. The summed E-state index contributed by atoms with van der Waals surface area (Å²) in [6, 6.07) is 7.55. The van der Waals surface area contributed by atoms with E-state index in [1.165, 1.54) is 0 Å². The minimum atomic E-state index is -0.0732. The van der Waals surface area contributed by atoms with Gasteiger partial charge in [0.05, 0.1) is 7.11 Å². The fourth-order valence-electron chi connectivity index (χ4n) is 1.10. The molecule has 0 saturated heterocycles. The van der Waals surface area contributed by atoms with E-state index in [-0.39, 0.29) is 6.04 Å². The van der Waals surface area contributed by atoms with Gasteiger partial charge in [0, 0.05) is 12.5 Å². The fourth-order valence-corrected chi connectivity index (χ4v) is 1.10. The molecular formula is C11H13NO. The summed E-state index contributed by atoms with van der Waals surface area (Å²) in [7, 11) is 1.64. The van der Waals surface area contributed by atoms with Gasteiger partial charge >= 0.3 is 0 Å². The number of hydrogen-bond donors (Lipinski definition) is 1. The van der Waals surface area contributed by atoms with Gasteiger partial charge in [-0.15, -0.1) is 12.3 Å². The van der Waals surface area contributed by atoms with Gasteiger partial charge in [-0.05, 0) is 17.7 Å². The maximum Gasteiger partial charge on any atom is 0.118 e. The Morgan fingerprint density at radius 3 is 2.54 bits per heavy atom. The Morgan fingerprint density at radius 1 is 1.46 bits per heavy atom. The van der Waals surface area contributed by atoms with Crippen LogP contribution in [0.4, 0.5) is 0 Å². The molecule has 0 saturated carbocycles. The third-order valence-corrected chi connectivity index (χ3v) is 1.88. The highest BCUT2D eigenvalue weighted by molar-refractivity contribution is 5.29. The van der Waals surface area contributed by atoms with E-state index in [1.807, 2.05) is 24.3 Å². The number of methoxy groups -OCH3 is 1. The lowest BCUT2D eigenvalue weighted by Crippen LogP contribution is -2.08. The Labute approximate surface area is 78.7 Å². The van der Waals surface area contributed by atoms with Crippen molar-refractivity contribution in [2.75, 3.05) is 7.11 Å². The predicted octanol–water partition coefficient (Wildman–Crippen LogP) is 1.72. The maximum atomic E-state index is 5.81. The SMILES string of the molecule is C#CCC(N)c1ccc(OC)cc1. The average Bonchev–Trinajstić information content (AvgIpc) is 2.18. The molecule has 1 atom stereocenters. The van der Waals surface area contributed by atoms with Gasteiger partial charge in [-0.3, -0.25) is 0 Å². The summed E-state index contributed by atoms with van der Waals surface area (Å²) in [5, 5.41) is 0. The van der Waals surface area contributed by atoms with E-state index in [4.69, 9.17) is 16.9 Å².